The van der Waals surface area contributed by atoms with E-state index in [4.69, 9.17) is 26.2 Å². The van der Waals surface area contributed by atoms with Crippen LogP contribution in [0.15, 0.2) is 78.9 Å². The van der Waals surface area contributed by atoms with Gasteiger partial charge < -0.3 is 14.4 Å². The first-order valence-corrected chi connectivity index (χ1v) is 11.8. The van der Waals surface area contributed by atoms with E-state index >= 15 is 0 Å². The van der Waals surface area contributed by atoms with E-state index in [1.54, 1.807) is 11.8 Å². The summed E-state index contributed by atoms with van der Waals surface area (Å²) in [7, 11) is 1.62. The van der Waals surface area contributed by atoms with Gasteiger partial charge in [-0.25, -0.2) is 4.68 Å². The van der Waals surface area contributed by atoms with Crippen LogP contribution in [0.25, 0.3) is 5.69 Å². The van der Waals surface area contributed by atoms with Crippen LogP contribution < -0.4 is 9.47 Å². The van der Waals surface area contributed by atoms with Crippen molar-refractivity contribution in [1.29, 1.82) is 0 Å². The number of halogens is 1. The van der Waals surface area contributed by atoms with Crippen LogP contribution in [0.5, 0.6) is 17.4 Å². The third kappa shape index (κ3) is 5.84. The maximum Gasteiger partial charge on any atom is 0.227 e. The normalized spacial score (nSPS) is 10.7. The summed E-state index contributed by atoms with van der Waals surface area (Å²) in [4.78, 5) is 14.8. The molecule has 6 nitrogen and oxygen atoms in total. The third-order valence-corrected chi connectivity index (χ3v) is 5.92. The summed E-state index contributed by atoms with van der Waals surface area (Å²) < 4.78 is 13.4. The largest absolute Gasteiger partial charge is 0.497 e. The minimum atomic E-state index is 0.0548. The molecule has 0 aliphatic rings. The van der Waals surface area contributed by atoms with Crippen molar-refractivity contribution in [2.45, 2.75) is 33.4 Å². The molecule has 0 aliphatic heterocycles. The van der Waals surface area contributed by atoms with Crippen LogP contribution in [0.1, 0.15) is 30.2 Å². The molecule has 0 aliphatic carbocycles. The smallest absolute Gasteiger partial charge is 0.227 e. The summed E-state index contributed by atoms with van der Waals surface area (Å²) in [5.41, 5.74) is 3.44. The zero-order valence-electron chi connectivity index (χ0n) is 20.1. The molecule has 1 aromatic heterocycles. The predicted octanol–water partition coefficient (Wildman–Crippen LogP) is 6.57. The Kier molecular flexibility index (Phi) is 7.73. The SMILES string of the molecule is CCC(=O)N(Cc1ccccc1)Cc1c(C)nn(-c2cccc(Cl)c2)c1Oc1ccc(OC)cc1. The molecule has 0 saturated heterocycles. The number of hydrogen-bond donors (Lipinski definition) is 0. The molecule has 0 saturated carbocycles. The molecular formula is C28H28ClN3O3. The van der Waals surface area contributed by atoms with Gasteiger partial charge in [-0.15, -0.1) is 0 Å². The lowest BCUT2D eigenvalue weighted by Gasteiger charge is -2.23. The molecule has 0 fully saturated rings. The van der Waals surface area contributed by atoms with E-state index in [-0.39, 0.29) is 5.91 Å². The first-order chi connectivity index (χ1) is 17.0. The van der Waals surface area contributed by atoms with Crippen molar-refractivity contribution in [2.24, 2.45) is 0 Å². The van der Waals surface area contributed by atoms with Gasteiger partial charge in [-0.05, 0) is 55.0 Å². The van der Waals surface area contributed by atoms with Gasteiger partial charge in [0.15, 0.2) is 0 Å². The molecule has 3 aromatic carbocycles. The highest BCUT2D eigenvalue weighted by Crippen LogP contribution is 2.33. The van der Waals surface area contributed by atoms with Gasteiger partial charge in [0.05, 0.1) is 30.6 Å². The molecule has 0 unspecified atom stereocenters. The third-order valence-electron chi connectivity index (χ3n) is 5.68. The Balaban J connectivity index is 1.76. The second-order valence-corrected chi connectivity index (χ2v) is 8.56. The minimum absolute atomic E-state index is 0.0548. The Morgan fingerprint density at radius 2 is 1.69 bits per heavy atom. The molecule has 0 atom stereocenters. The van der Waals surface area contributed by atoms with E-state index in [2.05, 4.69) is 0 Å². The molecular weight excluding hydrogens is 462 g/mol. The van der Waals surface area contributed by atoms with Crippen molar-refractivity contribution >= 4 is 17.5 Å². The molecule has 4 aromatic rings. The van der Waals surface area contributed by atoms with E-state index in [0.717, 1.165) is 28.3 Å². The second kappa shape index (κ2) is 11.1. The standard InChI is InChI=1S/C28H28ClN3O3/c1-4-27(33)31(18-21-9-6-5-7-10-21)19-26-20(2)30-32(23-12-8-11-22(29)17-23)28(26)35-25-15-13-24(34-3)14-16-25/h5-17H,4,18-19H2,1-3H3. The van der Waals surface area contributed by atoms with Gasteiger partial charge in [-0.1, -0.05) is 54.9 Å². The average Bonchev–Trinajstić information content (AvgIpc) is 3.18. The fourth-order valence-electron chi connectivity index (χ4n) is 3.81. The van der Waals surface area contributed by atoms with E-state index in [1.165, 1.54) is 0 Å². The van der Waals surface area contributed by atoms with Crippen LogP contribution in [0.2, 0.25) is 5.02 Å². The van der Waals surface area contributed by atoms with Crippen LogP contribution >= 0.6 is 11.6 Å². The molecule has 1 amide bonds. The summed E-state index contributed by atoms with van der Waals surface area (Å²) in [5.74, 6) is 1.96. The van der Waals surface area contributed by atoms with Crippen LogP contribution in [-0.2, 0) is 17.9 Å². The van der Waals surface area contributed by atoms with Gasteiger partial charge in [0.2, 0.25) is 11.8 Å². The first kappa shape index (κ1) is 24.4. The summed E-state index contributed by atoms with van der Waals surface area (Å²) in [5, 5.41) is 5.36. The Morgan fingerprint density at radius 1 is 0.971 bits per heavy atom. The summed E-state index contributed by atoms with van der Waals surface area (Å²) >= 11 is 6.27. The molecule has 0 bridgehead atoms. The number of carbonyl (C=O) groups is 1. The van der Waals surface area contributed by atoms with Crippen LogP contribution in [-0.4, -0.2) is 27.7 Å². The van der Waals surface area contributed by atoms with Crippen molar-refractivity contribution in [3.63, 3.8) is 0 Å². The van der Waals surface area contributed by atoms with E-state index in [0.29, 0.717) is 36.2 Å². The zero-order valence-corrected chi connectivity index (χ0v) is 20.8. The lowest BCUT2D eigenvalue weighted by Crippen LogP contribution is -2.29. The number of methoxy groups -OCH3 is 1. The van der Waals surface area contributed by atoms with Gasteiger partial charge in [0.25, 0.3) is 0 Å². The molecule has 180 valence electrons. The molecule has 35 heavy (non-hydrogen) atoms. The van der Waals surface area contributed by atoms with Crippen LogP contribution in [0.3, 0.4) is 0 Å². The van der Waals surface area contributed by atoms with Crippen LogP contribution in [0.4, 0.5) is 0 Å². The highest BCUT2D eigenvalue weighted by Gasteiger charge is 2.23. The van der Waals surface area contributed by atoms with Crippen molar-refractivity contribution < 1.29 is 14.3 Å². The molecule has 0 radical (unpaired) electrons. The van der Waals surface area contributed by atoms with Gasteiger partial charge in [-0.3, -0.25) is 4.79 Å². The molecule has 0 spiro atoms. The topological polar surface area (TPSA) is 56.6 Å². The number of aryl methyl sites for hydroxylation is 1. The highest BCUT2D eigenvalue weighted by molar-refractivity contribution is 6.30. The van der Waals surface area contributed by atoms with Crippen molar-refractivity contribution in [2.75, 3.05) is 7.11 Å². The zero-order chi connectivity index (χ0) is 24.8. The molecule has 0 N–H and O–H groups in total. The number of nitrogens with zero attached hydrogens (tertiary/aromatic N) is 3. The monoisotopic (exact) mass is 489 g/mol. The number of rotatable bonds is 9. The maximum atomic E-state index is 12.9. The lowest BCUT2D eigenvalue weighted by atomic mass is 10.1. The van der Waals surface area contributed by atoms with Gasteiger partial charge >= 0.3 is 0 Å². The Labute approximate surface area is 210 Å². The van der Waals surface area contributed by atoms with Crippen molar-refractivity contribution in [3.05, 3.63) is 101 Å². The number of aromatic nitrogens is 2. The van der Waals surface area contributed by atoms with E-state index in [1.807, 2.05) is 97.6 Å². The number of amides is 1. The van der Waals surface area contributed by atoms with E-state index < -0.39 is 0 Å². The Hall–Kier alpha value is -3.77. The first-order valence-electron chi connectivity index (χ1n) is 11.5. The van der Waals surface area contributed by atoms with Crippen molar-refractivity contribution in [3.8, 4) is 23.1 Å². The Bertz CT molecular complexity index is 1290. The maximum absolute atomic E-state index is 12.9. The number of carbonyl (C=O) groups excluding carboxylic acids is 1. The van der Waals surface area contributed by atoms with E-state index in [9.17, 15) is 4.79 Å². The average molecular weight is 490 g/mol. The highest BCUT2D eigenvalue weighted by atomic mass is 35.5. The van der Waals surface area contributed by atoms with Gasteiger partial charge in [0.1, 0.15) is 11.5 Å². The quantitative estimate of drug-likeness (QED) is 0.266. The molecule has 4 rings (SSSR count). The summed E-state index contributed by atoms with van der Waals surface area (Å²) in [6.45, 7) is 4.66. The molecule has 1 heterocycles. The van der Waals surface area contributed by atoms with Crippen molar-refractivity contribution in [1.82, 2.24) is 14.7 Å². The number of benzene rings is 3. The minimum Gasteiger partial charge on any atom is -0.497 e. The molecule has 7 heteroatoms. The second-order valence-electron chi connectivity index (χ2n) is 8.13. The number of ether oxygens (including phenoxy) is 2. The van der Waals surface area contributed by atoms with Gasteiger partial charge in [-0.2, -0.15) is 5.10 Å². The summed E-state index contributed by atoms with van der Waals surface area (Å²) in [6, 6.07) is 24.7. The summed E-state index contributed by atoms with van der Waals surface area (Å²) in [6.07, 6.45) is 0.406. The van der Waals surface area contributed by atoms with Gasteiger partial charge in [0, 0.05) is 18.0 Å². The fourth-order valence-corrected chi connectivity index (χ4v) is 4.00. The predicted molar refractivity (Wildman–Crippen MR) is 137 cm³/mol. The fraction of sp³-hybridized carbons (Fsp3) is 0.214. The Morgan fingerprint density at radius 3 is 2.34 bits per heavy atom. The van der Waals surface area contributed by atoms with Crippen LogP contribution in [0, 0.1) is 6.92 Å². The lowest BCUT2D eigenvalue weighted by molar-refractivity contribution is -0.132. The number of hydrogen-bond acceptors (Lipinski definition) is 4.